The van der Waals surface area contributed by atoms with Crippen LogP contribution in [0, 0.1) is 0 Å². The summed E-state index contributed by atoms with van der Waals surface area (Å²) >= 11 is 0. The molecule has 0 aliphatic carbocycles. The predicted octanol–water partition coefficient (Wildman–Crippen LogP) is -1.12. The van der Waals surface area contributed by atoms with Crippen molar-refractivity contribution in [2.75, 3.05) is 30.7 Å². The van der Waals surface area contributed by atoms with Crippen LogP contribution in [0.5, 0.6) is 5.75 Å². The van der Waals surface area contributed by atoms with Crippen molar-refractivity contribution in [3.05, 3.63) is 60.2 Å². The number of ether oxygens (including phenoxy) is 1. The number of anilines is 1. The maximum atomic E-state index is 11.1. The predicted molar refractivity (Wildman–Crippen MR) is 95.8 cm³/mol. The van der Waals surface area contributed by atoms with E-state index in [-0.39, 0.29) is 31.0 Å². The maximum absolute atomic E-state index is 11.1. The van der Waals surface area contributed by atoms with Crippen molar-refractivity contribution in [2.45, 2.75) is 6.10 Å². The molecule has 0 aliphatic heterocycles. The van der Waals surface area contributed by atoms with E-state index in [1.807, 2.05) is 30.3 Å². The van der Waals surface area contributed by atoms with Gasteiger partial charge in [0.25, 0.3) is 0 Å². The molecule has 0 saturated heterocycles. The number of sulfonamides is 1. The molecule has 6 nitrogen and oxygen atoms in total. The smallest absolute Gasteiger partial charge is 1.00 e. The summed E-state index contributed by atoms with van der Waals surface area (Å²) in [5.74, 6) is 0.814. The average Bonchev–Trinajstić information content (AvgIpc) is 2.54. The SMILES string of the molecule is CS(=O)(=O)Nc1ccc(C(O)CNCCOc2ccccc2)cc1.[H-].[Na+]. The van der Waals surface area contributed by atoms with E-state index in [0.717, 1.165) is 12.0 Å². The second-order valence-electron chi connectivity index (χ2n) is 5.38. The van der Waals surface area contributed by atoms with E-state index in [2.05, 4.69) is 10.0 Å². The van der Waals surface area contributed by atoms with Gasteiger partial charge in [0.15, 0.2) is 0 Å². The Labute approximate surface area is 172 Å². The van der Waals surface area contributed by atoms with E-state index in [1.54, 1.807) is 24.3 Å². The molecule has 2 aromatic carbocycles. The summed E-state index contributed by atoms with van der Waals surface area (Å²) in [4.78, 5) is 0. The molecular weight excluding hydrogens is 351 g/mol. The third-order valence-corrected chi connectivity index (χ3v) is 3.83. The first-order valence-corrected chi connectivity index (χ1v) is 9.47. The minimum absolute atomic E-state index is 0. The first-order valence-electron chi connectivity index (χ1n) is 7.58. The van der Waals surface area contributed by atoms with Gasteiger partial charge in [-0.25, -0.2) is 8.42 Å². The molecule has 8 heteroatoms. The molecule has 0 aliphatic rings. The Morgan fingerprint density at radius 3 is 2.36 bits per heavy atom. The van der Waals surface area contributed by atoms with Crippen LogP contribution in [0.15, 0.2) is 54.6 Å². The fraction of sp³-hybridized carbons (Fsp3) is 0.294. The van der Waals surface area contributed by atoms with Gasteiger partial charge in [0.05, 0.1) is 12.4 Å². The summed E-state index contributed by atoms with van der Waals surface area (Å²) < 4.78 is 30.2. The minimum Gasteiger partial charge on any atom is -1.00 e. The van der Waals surface area contributed by atoms with Crippen LogP contribution < -0.4 is 44.3 Å². The third-order valence-electron chi connectivity index (χ3n) is 3.23. The Kier molecular flexibility index (Phi) is 9.48. The summed E-state index contributed by atoms with van der Waals surface area (Å²) in [6.45, 7) is 1.50. The van der Waals surface area contributed by atoms with E-state index in [0.29, 0.717) is 30.9 Å². The van der Waals surface area contributed by atoms with Crippen molar-refractivity contribution in [2.24, 2.45) is 0 Å². The molecular formula is C17H23N2NaO4S. The zero-order valence-electron chi connectivity index (χ0n) is 15.5. The van der Waals surface area contributed by atoms with Crippen LogP contribution in [0.2, 0.25) is 0 Å². The number of hydrogen-bond donors (Lipinski definition) is 3. The molecule has 132 valence electrons. The van der Waals surface area contributed by atoms with Crippen LogP contribution >= 0.6 is 0 Å². The molecule has 1 unspecified atom stereocenters. The average molecular weight is 374 g/mol. The molecule has 1 atom stereocenters. The summed E-state index contributed by atoms with van der Waals surface area (Å²) in [6, 6.07) is 16.2. The molecule has 0 aromatic heterocycles. The van der Waals surface area contributed by atoms with Crippen LogP contribution in [0.3, 0.4) is 0 Å². The first-order chi connectivity index (χ1) is 11.4. The molecule has 0 fully saturated rings. The van der Waals surface area contributed by atoms with Crippen molar-refractivity contribution < 1.29 is 49.2 Å². The largest absolute Gasteiger partial charge is 1.00 e. The van der Waals surface area contributed by atoms with E-state index >= 15 is 0 Å². The van der Waals surface area contributed by atoms with Gasteiger partial charge in [-0.05, 0) is 29.8 Å². The van der Waals surface area contributed by atoms with Crippen LogP contribution in [0.1, 0.15) is 13.1 Å². The van der Waals surface area contributed by atoms with E-state index in [1.165, 1.54) is 0 Å². The zero-order chi connectivity index (χ0) is 17.4. The summed E-state index contributed by atoms with van der Waals surface area (Å²) in [6.07, 6.45) is 0.422. The first kappa shape index (κ1) is 22.0. The van der Waals surface area contributed by atoms with Gasteiger partial charge >= 0.3 is 29.6 Å². The van der Waals surface area contributed by atoms with Crippen LogP contribution in [0.4, 0.5) is 5.69 Å². The molecule has 0 radical (unpaired) electrons. The molecule has 0 amide bonds. The number of hydrogen-bond acceptors (Lipinski definition) is 5. The van der Waals surface area contributed by atoms with Gasteiger partial charge in [-0.15, -0.1) is 0 Å². The Bertz CT molecular complexity index is 730. The number of rotatable bonds is 9. The zero-order valence-corrected chi connectivity index (χ0v) is 17.3. The number of aliphatic hydroxyl groups is 1. The van der Waals surface area contributed by atoms with Crippen molar-refractivity contribution in [3.8, 4) is 5.75 Å². The summed E-state index contributed by atoms with van der Waals surface area (Å²) in [7, 11) is -3.29. The van der Waals surface area contributed by atoms with Gasteiger partial charge in [-0.2, -0.15) is 0 Å². The molecule has 0 saturated carbocycles. The van der Waals surface area contributed by atoms with Gasteiger partial charge < -0.3 is 16.6 Å². The Morgan fingerprint density at radius 2 is 1.76 bits per heavy atom. The van der Waals surface area contributed by atoms with Crippen LogP contribution in [-0.2, 0) is 10.0 Å². The van der Waals surface area contributed by atoms with Gasteiger partial charge in [0.2, 0.25) is 10.0 Å². The van der Waals surface area contributed by atoms with Gasteiger partial charge in [-0.1, -0.05) is 30.3 Å². The molecule has 0 heterocycles. The summed E-state index contributed by atoms with van der Waals surface area (Å²) in [5.41, 5.74) is 1.18. The second kappa shape index (κ2) is 10.8. The molecule has 3 N–H and O–H groups in total. The van der Waals surface area contributed by atoms with E-state index in [4.69, 9.17) is 4.74 Å². The fourth-order valence-corrected chi connectivity index (χ4v) is 2.67. The minimum atomic E-state index is -3.29. The Hall–Kier alpha value is -1.09. The van der Waals surface area contributed by atoms with Crippen molar-refractivity contribution in [3.63, 3.8) is 0 Å². The van der Waals surface area contributed by atoms with Crippen molar-refractivity contribution >= 4 is 15.7 Å². The second-order valence-corrected chi connectivity index (χ2v) is 7.13. The molecule has 2 aromatic rings. The van der Waals surface area contributed by atoms with Gasteiger partial charge in [-0.3, -0.25) is 4.72 Å². The van der Waals surface area contributed by atoms with Crippen molar-refractivity contribution in [1.82, 2.24) is 5.32 Å². The quantitative estimate of drug-likeness (QED) is 0.382. The molecule has 25 heavy (non-hydrogen) atoms. The van der Waals surface area contributed by atoms with Crippen molar-refractivity contribution in [1.29, 1.82) is 0 Å². The van der Waals surface area contributed by atoms with Crippen LogP contribution in [-0.4, -0.2) is 39.5 Å². The number of aliphatic hydroxyl groups excluding tert-OH is 1. The normalized spacial score (nSPS) is 12.1. The van der Waals surface area contributed by atoms with E-state index in [9.17, 15) is 13.5 Å². The molecule has 0 bridgehead atoms. The number of benzene rings is 2. The standard InChI is InChI=1S/C17H22N2O4S.Na.H/c1-24(21,22)19-15-9-7-14(8-10-15)17(20)13-18-11-12-23-16-5-3-2-4-6-16;;/h2-10,17-20H,11-13H2,1H3;;/q;+1;-1. The fourth-order valence-electron chi connectivity index (χ4n) is 2.10. The Morgan fingerprint density at radius 1 is 1.12 bits per heavy atom. The monoisotopic (exact) mass is 374 g/mol. The Balaban J connectivity index is 0.00000312. The third kappa shape index (κ3) is 8.71. The van der Waals surface area contributed by atoms with Gasteiger partial charge in [0.1, 0.15) is 12.4 Å². The molecule has 0 spiro atoms. The van der Waals surface area contributed by atoms with Crippen LogP contribution in [0.25, 0.3) is 0 Å². The maximum Gasteiger partial charge on any atom is 1.00 e. The van der Waals surface area contributed by atoms with E-state index < -0.39 is 16.1 Å². The molecule has 2 rings (SSSR count). The number of para-hydroxylation sites is 1. The summed E-state index contributed by atoms with van der Waals surface area (Å²) in [5, 5.41) is 13.2. The van der Waals surface area contributed by atoms with Gasteiger partial charge in [0, 0.05) is 18.8 Å². The topological polar surface area (TPSA) is 87.7 Å². The number of nitrogens with one attached hydrogen (secondary N) is 2.